The topological polar surface area (TPSA) is 115 Å². The second-order valence-electron chi connectivity index (χ2n) is 5.58. The molecule has 25 heavy (non-hydrogen) atoms. The van der Waals surface area contributed by atoms with Gasteiger partial charge in [-0.1, -0.05) is 29.8 Å². The molecule has 0 aliphatic heterocycles. The third-order valence-corrected chi connectivity index (χ3v) is 3.46. The van der Waals surface area contributed by atoms with Crippen LogP contribution in [0.15, 0.2) is 36.8 Å². The number of hydrogen-bond acceptors (Lipinski definition) is 5. The lowest BCUT2D eigenvalue weighted by molar-refractivity contribution is 0.0692. The molecule has 9 nitrogen and oxygen atoms in total. The van der Waals surface area contributed by atoms with E-state index in [0.29, 0.717) is 6.54 Å². The van der Waals surface area contributed by atoms with Gasteiger partial charge < -0.3 is 5.11 Å². The van der Waals surface area contributed by atoms with Gasteiger partial charge in [0.05, 0.1) is 6.54 Å². The van der Waals surface area contributed by atoms with Gasteiger partial charge >= 0.3 is 5.97 Å². The predicted molar refractivity (Wildman–Crippen MR) is 88.4 cm³/mol. The lowest BCUT2D eigenvalue weighted by Gasteiger charge is -2.02. The Morgan fingerprint density at radius 1 is 1.28 bits per heavy atom. The second kappa shape index (κ2) is 6.56. The number of carboxylic acid groups (broad SMARTS) is 1. The van der Waals surface area contributed by atoms with Gasteiger partial charge in [0.25, 0.3) is 5.91 Å². The predicted octanol–water partition coefficient (Wildman–Crippen LogP) is 1.32. The van der Waals surface area contributed by atoms with Gasteiger partial charge in [-0.3, -0.25) is 14.8 Å². The summed E-state index contributed by atoms with van der Waals surface area (Å²) in [5.41, 5.74) is 1.83. The van der Waals surface area contributed by atoms with Crippen molar-refractivity contribution in [2.75, 3.05) is 5.32 Å². The van der Waals surface area contributed by atoms with Gasteiger partial charge in [0.15, 0.2) is 5.69 Å². The van der Waals surface area contributed by atoms with E-state index in [2.05, 4.69) is 20.5 Å². The number of nitrogens with zero attached hydrogens (tertiary/aromatic N) is 5. The highest BCUT2D eigenvalue weighted by atomic mass is 16.4. The van der Waals surface area contributed by atoms with E-state index in [9.17, 15) is 9.59 Å². The van der Waals surface area contributed by atoms with Crippen molar-refractivity contribution in [2.24, 2.45) is 7.05 Å². The van der Waals surface area contributed by atoms with Gasteiger partial charge in [0.2, 0.25) is 5.95 Å². The zero-order chi connectivity index (χ0) is 18.0. The summed E-state index contributed by atoms with van der Waals surface area (Å²) in [5.74, 6) is -1.82. The Morgan fingerprint density at radius 2 is 2.08 bits per heavy atom. The maximum Gasteiger partial charge on any atom is 0.339 e. The Labute approximate surface area is 142 Å². The van der Waals surface area contributed by atoms with E-state index < -0.39 is 11.9 Å². The van der Waals surface area contributed by atoms with Crippen molar-refractivity contribution in [2.45, 2.75) is 13.5 Å². The van der Waals surface area contributed by atoms with Crippen molar-refractivity contribution in [3.05, 3.63) is 59.2 Å². The fourth-order valence-electron chi connectivity index (χ4n) is 2.40. The molecule has 0 radical (unpaired) electrons. The van der Waals surface area contributed by atoms with E-state index in [0.717, 1.165) is 11.1 Å². The average molecular weight is 340 g/mol. The van der Waals surface area contributed by atoms with Gasteiger partial charge in [-0.15, -0.1) is 5.10 Å². The van der Waals surface area contributed by atoms with E-state index in [-0.39, 0.29) is 17.2 Å². The quantitative estimate of drug-likeness (QED) is 0.724. The number of nitrogens with one attached hydrogen (secondary N) is 1. The van der Waals surface area contributed by atoms with Crippen molar-refractivity contribution >= 4 is 17.8 Å². The maximum atomic E-state index is 12.2. The van der Waals surface area contributed by atoms with Gasteiger partial charge in [-0.05, 0) is 12.5 Å². The molecule has 0 atom stereocenters. The molecule has 0 aliphatic rings. The summed E-state index contributed by atoms with van der Waals surface area (Å²) < 4.78 is 2.85. The number of carbonyl (C=O) groups is 2. The minimum Gasteiger partial charge on any atom is -0.478 e. The van der Waals surface area contributed by atoms with E-state index in [4.69, 9.17) is 5.11 Å². The molecule has 3 rings (SSSR count). The summed E-state index contributed by atoms with van der Waals surface area (Å²) in [4.78, 5) is 27.4. The third kappa shape index (κ3) is 3.71. The first-order valence-electron chi connectivity index (χ1n) is 7.45. The molecular weight excluding hydrogens is 324 g/mol. The standard InChI is InChI=1S/C16H16N6O3/c1-10-4-3-5-11(6-10)7-22-9-17-16(20-22)18-14(23)13-12(15(24)25)8-21(2)19-13/h3-6,8-9H,7H2,1-2H3,(H,24,25)(H,18,20,23). The molecule has 0 bridgehead atoms. The Kier molecular flexibility index (Phi) is 4.29. The first kappa shape index (κ1) is 16.4. The normalized spacial score (nSPS) is 10.6. The highest BCUT2D eigenvalue weighted by Gasteiger charge is 2.22. The molecular formula is C16H16N6O3. The lowest BCUT2D eigenvalue weighted by Crippen LogP contribution is -2.17. The first-order valence-corrected chi connectivity index (χ1v) is 7.45. The summed E-state index contributed by atoms with van der Waals surface area (Å²) in [6.45, 7) is 2.51. The van der Waals surface area contributed by atoms with Crippen molar-refractivity contribution in [3.8, 4) is 0 Å². The number of hydrogen-bond donors (Lipinski definition) is 2. The van der Waals surface area contributed by atoms with Crippen LogP contribution in [0.2, 0.25) is 0 Å². The van der Waals surface area contributed by atoms with E-state index in [1.165, 1.54) is 24.3 Å². The average Bonchev–Trinajstić information content (AvgIpc) is 3.14. The summed E-state index contributed by atoms with van der Waals surface area (Å²) in [5, 5.41) is 19.6. The molecule has 2 N–H and O–H groups in total. The zero-order valence-corrected chi connectivity index (χ0v) is 13.7. The van der Waals surface area contributed by atoms with Crippen molar-refractivity contribution in [1.82, 2.24) is 24.5 Å². The molecule has 0 saturated carbocycles. The minimum atomic E-state index is -1.23. The summed E-state index contributed by atoms with van der Waals surface area (Å²) in [7, 11) is 1.54. The van der Waals surface area contributed by atoms with Crippen LogP contribution in [-0.4, -0.2) is 41.5 Å². The largest absolute Gasteiger partial charge is 0.478 e. The van der Waals surface area contributed by atoms with Gasteiger partial charge in [0.1, 0.15) is 11.9 Å². The van der Waals surface area contributed by atoms with Crippen molar-refractivity contribution in [1.29, 1.82) is 0 Å². The van der Waals surface area contributed by atoms with E-state index in [1.54, 1.807) is 4.68 Å². The molecule has 128 valence electrons. The fourth-order valence-corrected chi connectivity index (χ4v) is 2.40. The molecule has 0 unspecified atom stereocenters. The second-order valence-corrected chi connectivity index (χ2v) is 5.58. The van der Waals surface area contributed by atoms with Crippen LogP contribution in [0, 0.1) is 6.92 Å². The molecule has 0 fully saturated rings. The van der Waals surface area contributed by atoms with Crippen molar-refractivity contribution in [3.63, 3.8) is 0 Å². The van der Waals surface area contributed by atoms with Crippen LogP contribution in [0.5, 0.6) is 0 Å². The molecule has 0 spiro atoms. The number of benzene rings is 1. The van der Waals surface area contributed by atoms with Crippen molar-refractivity contribution < 1.29 is 14.7 Å². The van der Waals surface area contributed by atoms with Crippen LogP contribution in [0.4, 0.5) is 5.95 Å². The number of aryl methyl sites for hydroxylation is 2. The highest BCUT2D eigenvalue weighted by molar-refractivity contribution is 6.08. The van der Waals surface area contributed by atoms with Gasteiger partial charge in [0, 0.05) is 13.2 Å². The molecule has 3 aromatic rings. The number of aromatic nitrogens is 5. The number of anilines is 1. The van der Waals surface area contributed by atoms with Gasteiger partial charge in [-0.2, -0.15) is 5.10 Å². The molecule has 2 heterocycles. The maximum absolute atomic E-state index is 12.2. The van der Waals surface area contributed by atoms with Crippen LogP contribution >= 0.6 is 0 Å². The Morgan fingerprint density at radius 3 is 2.80 bits per heavy atom. The van der Waals surface area contributed by atoms with Crippen LogP contribution in [0.1, 0.15) is 32.0 Å². The third-order valence-electron chi connectivity index (χ3n) is 3.46. The summed E-state index contributed by atoms with van der Waals surface area (Å²) in [6.07, 6.45) is 2.76. The van der Waals surface area contributed by atoms with E-state index >= 15 is 0 Å². The Hall–Kier alpha value is -3.49. The molecule has 1 amide bonds. The smallest absolute Gasteiger partial charge is 0.339 e. The number of carbonyl (C=O) groups excluding carboxylic acids is 1. The Balaban J connectivity index is 1.73. The SMILES string of the molecule is Cc1cccc(Cn2cnc(NC(=O)c3nn(C)cc3C(=O)O)n2)c1. The Bertz CT molecular complexity index is 943. The van der Waals surface area contributed by atoms with Gasteiger partial charge in [-0.25, -0.2) is 14.5 Å². The molecule has 9 heteroatoms. The van der Waals surface area contributed by atoms with Crippen LogP contribution < -0.4 is 5.32 Å². The summed E-state index contributed by atoms with van der Waals surface area (Å²) in [6, 6.07) is 7.97. The monoisotopic (exact) mass is 340 g/mol. The first-order chi connectivity index (χ1) is 11.9. The van der Waals surface area contributed by atoms with Crippen LogP contribution in [0.25, 0.3) is 0 Å². The molecule has 1 aromatic carbocycles. The number of carboxylic acids is 1. The molecule has 0 saturated heterocycles. The molecule has 2 aromatic heterocycles. The zero-order valence-electron chi connectivity index (χ0n) is 13.7. The summed E-state index contributed by atoms with van der Waals surface area (Å²) >= 11 is 0. The lowest BCUT2D eigenvalue weighted by atomic mass is 10.1. The number of amides is 1. The molecule has 0 aliphatic carbocycles. The van der Waals surface area contributed by atoms with Crippen LogP contribution in [-0.2, 0) is 13.6 Å². The number of aromatic carboxylic acids is 1. The van der Waals surface area contributed by atoms with Crippen LogP contribution in [0.3, 0.4) is 0 Å². The highest BCUT2D eigenvalue weighted by Crippen LogP contribution is 2.10. The minimum absolute atomic E-state index is 0.0830. The number of rotatable bonds is 5. The fraction of sp³-hybridized carbons (Fsp3) is 0.188. The van der Waals surface area contributed by atoms with E-state index in [1.807, 2.05) is 31.2 Å².